The molecule has 0 atom stereocenters. The van der Waals surface area contributed by atoms with Gasteiger partial charge in [0.05, 0.1) is 18.0 Å². The molecule has 0 bridgehead atoms. The van der Waals surface area contributed by atoms with E-state index in [-0.39, 0.29) is 0 Å². The smallest absolute Gasteiger partial charge is 0.407 e. The molecule has 0 saturated carbocycles. The molecule has 1 amide bonds. The van der Waals surface area contributed by atoms with Gasteiger partial charge in [-0.3, -0.25) is 0 Å². The maximum Gasteiger partial charge on any atom is 0.407 e. The fourth-order valence-corrected chi connectivity index (χ4v) is 6.19. The molecule has 1 N–H and O–H groups in total. The molecule has 4 aromatic rings. The minimum atomic E-state index is -0.614. The number of pyridine rings is 1. The van der Waals surface area contributed by atoms with Gasteiger partial charge in [0.25, 0.3) is 0 Å². The van der Waals surface area contributed by atoms with Gasteiger partial charge in [-0.05, 0) is 81.7 Å². The second-order valence-corrected chi connectivity index (χ2v) is 17.9. The predicted molar refractivity (Wildman–Crippen MR) is 172 cm³/mol. The van der Waals surface area contributed by atoms with E-state index in [1.54, 1.807) is 6.33 Å². The number of benzene rings is 1. The molecule has 5 rings (SSSR count). The number of fused-ring (bicyclic) bond motifs is 2. The van der Waals surface area contributed by atoms with Gasteiger partial charge in [-0.1, -0.05) is 35.9 Å². The number of carbonyl (C=O) groups excluding carboxylic acids is 1. The summed E-state index contributed by atoms with van der Waals surface area (Å²) in [6.07, 6.45) is 11.4. The quantitative estimate of drug-likeness (QED) is 0.175. The Morgan fingerprint density at radius 2 is 1.81 bits per heavy atom. The van der Waals surface area contributed by atoms with Crippen molar-refractivity contribution >= 4 is 38.8 Å². The van der Waals surface area contributed by atoms with Crippen LogP contribution in [0.1, 0.15) is 37.6 Å². The number of carbonyl (C=O) groups is 1. The summed E-state index contributed by atoms with van der Waals surface area (Å²) < 4.78 is 13.5. The molecule has 0 unspecified atom stereocenters. The van der Waals surface area contributed by atoms with E-state index in [0.29, 0.717) is 25.0 Å². The normalized spacial score (nSPS) is 15.0. The van der Waals surface area contributed by atoms with E-state index in [1.807, 2.05) is 55.8 Å². The third-order valence-electron chi connectivity index (χ3n) is 7.38. The van der Waals surface area contributed by atoms with E-state index in [4.69, 9.17) is 26.1 Å². The Morgan fingerprint density at radius 3 is 2.48 bits per heavy atom. The number of alkyl carbamates (subject to hydrolysis) is 1. The Kier molecular flexibility index (Phi) is 8.56. The molecular weight excluding hydrogens is 570 g/mol. The van der Waals surface area contributed by atoms with E-state index < -0.39 is 27.1 Å². The zero-order valence-corrected chi connectivity index (χ0v) is 26.8. The summed E-state index contributed by atoms with van der Waals surface area (Å²) in [5.74, 6) is 1.05. The molecule has 3 heterocycles. The van der Waals surface area contributed by atoms with E-state index in [0.717, 1.165) is 46.6 Å². The number of rotatable bonds is 9. The number of hydrogen-bond donors (Lipinski definition) is 1. The van der Waals surface area contributed by atoms with Crippen molar-refractivity contribution in [1.29, 1.82) is 0 Å². The maximum atomic E-state index is 12.7. The van der Waals surface area contributed by atoms with Gasteiger partial charge in [0, 0.05) is 34.9 Å². The molecule has 224 valence electrons. The van der Waals surface area contributed by atoms with E-state index >= 15 is 0 Å². The molecular formula is C32H40ClN5O3S. The maximum absolute atomic E-state index is 12.7. The predicted octanol–water partition coefficient (Wildman–Crippen LogP) is 6.38. The van der Waals surface area contributed by atoms with Crippen LogP contribution in [0.15, 0.2) is 55.0 Å². The number of hydrogen-bond acceptors (Lipinski definition) is 6. The third-order valence-corrected chi connectivity index (χ3v) is 8.97. The molecule has 0 aliphatic heterocycles. The Labute approximate surface area is 254 Å². The number of ether oxygens (including phenoxy) is 2. The fraction of sp³-hybridized carbons (Fsp3) is 0.438. The molecule has 1 aromatic carbocycles. The highest BCUT2D eigenvalue weighted by Gasteiger charge is 2.41. The molecule has 1 aliphatic rings. The lowest BCUT2D eigenvalue weighted by Crippen LogP contribution is -2.44. The van der Waals surface area contributed by atoms with Gasteiger partial charge in [0.15, 0.2) is 0 Å². The number of nitrogens with zero attached hydrogens (tertiary/aromatic N) is 4. The van der Waals surface area contributed by atoms with Crippen molar-refractivity contribution < 1.29 is 14.3 Å². The summed E-state index contributed by atoms with van der Waals surface area (Å²) in [6, 6.07) is 14.3. The minimum Gasteiger partial charge on any atom is -0.444 e. The average Bonchev–Trinajstić information content (AvgIpc) is 3.50. The number of halogens is 1. The first-order valence-corrected chi connectivity index (χ1v) is 17.5. The molecule has 0 saturated heterocycles. The first-order chi connectivity index (χ1) is 19.8. The summed E-state index contributed by atoms with van der Waals surface area (Å²) in [5, 5.41) is 4.29. The molecule has 42 heavy (non-hydrogen) atoms. The Bertz CT molecular complexity index is 1570. The lowest BCUT2D eigenvalue weighted by atomic mass is 9.80. The molecule has 8 nitrogen and oxygen atoms in total. The summed E-state index contributed by atoms with van der Waals surface area (Å²) in [4.78, 5) is 26.7. The van der Waals surface area contributed by atoms with Crippen LogP contribution in [0.25, 0.3) is 22.3 Å². The molecule has 3 aromatic heterocycles. The van der Waals surface area contributed by atoms with Crippen LogP contribution in [0.5, 0.6) is 0 Å². The zero-order chi connectivity index (χ0) is 30.1. The minimum absolute atomic E-state index is 0.354. The highest BCUT2D eigenvalue weighted by molar-refractivity contribution is 8.32. The van der Waals surface area contributed by atoms with Crippen LogP contribution < -0.4 is 5.32 Å². The summed E-state index contributed by atoms with van der Waals surface area (Å²) in [5.41, 5.74) is 4.60. The summed E-state index contributed by atoms with van der Waals surface area (Å²) >= 11 is 6.69. The van der Waals surface area contributed by atoms with Crippen LogP contribution in [0, 0.1) is 0 Å². The van der Waals surface area contributed by atoms with E-state index in [1.165, 1.54) is 11.1 Å². The fourth-order valence-electron chi connectivity index (χ4n) is 5.36. The molecule has 0 fully saturated rings. The van der Waals surface area contributed by atoms with Gasteiger partial charge in [0.2, 0.25) is 0 Å². The van der Waals surface area contributed by atoms with Gasteiger partial charge >= 0.3 is 6.09 Å². The molecule has 1 aliphatic carbocycles. The lowest BCUT2D eigenvalue weighted by Gasteiger charge is -2.30. The van der Waals surface area contributed by atoms with Crippen molar-refractivity contribution in [2.24, 2.45) is 0 Å². The lowest BCUT2D eigenvalue weighted by molar-refractivity contribution is 0.0514. The van der Waals surface area contributed by atoms with Crippen LogP contribution >= 0.6 is 21.6 Å². The average molecular weight is 610 g/mol. The second-order valence-electron chi connectivity index (χ2n) is 12.9. The van der Waals surface area contributed by atoms with Crippen molar-refractivity contribution in [3.8, 4) is 11.3 Å². The zero-order valence-electron chi connectivity index (χ0n) is 25.2. The van der Waals surface area contributed by atoms with Gasteiger partial charge in [-0.2, -0.15) is 0 Å². The number of aromatic nitrogens is 4. The third kappa shape index (κ3) is 7.07. The Balaban J connectivity index is 1.47. The van der Waals surface area contributed by atoms with Gasteiger partial charge in [-0.15, -0.1) is 0 Å². The first kappa shape index (κ1) is 30.3. The van der Waals surface area contributed by atoms with Crippen molar-refractivity contribution in [3.63, 3.8) is 0 Å². The van der Waals surface area contributed by atoms with Crippen LogP contribution in [0.3, 0.4) is 0 Å². The van der Waals surface area contributed by atoms with E-state index in [9.17, 15) is 4.79 Å². The summed E-state index contributed by atoms with van der Waals surface area (Å²) in [7, 11) is -0.614. The summed E-state index contributed by atoms with van der Waals surface area (Å²) in [6.45, 7) is 7.05. The van der Waals surface area contributed by atoms with Crippen LogP contribution in [0.2, 0.25) is 5.15 Å². The van der Waals surface area contributed by atoms with Gasteiger partial charge in [0.1, 0.15) is 29.5 Å². The van der Waals surface area contributed by atoms with Crippen molar-refractivity contribution in [3.05, 3.63) is 77.0 Å². The molecule has 0 radical (unpaired) electrons. The highest BCUT2D eigenvalue weighted by Crippen LogP contribution is 2.41. The van der Waals surface area contributed by atoms with Gasteiger partial charge < -0.3 is 19.4 Å². The Hall–Kier alpha value is -3.14. The van der Waals surface area contributed by atoms with E-state index in [2.05, 4.69) is 52.3 Å². The Morgan fingerprint density at radius 1 is 1.10 bits per heavy atom. The highest BCUT2D eigenvalue weighted by atomic mass is 35.5. The largest absolute Gasteiger partial charge is 0.444 e. The van der Waals surface area contributed by atoms with Crippen LogP contribution in [-0.2, 0) is 34.5 Å². The SMILES string of the molecule is CC(C)(C)OC(=O)NCC1(c2cc(-c3ncnc4c3ccn4COCCS(C)(C)C)cc(Cl)n2)Cc2ccccc2C1. The van der Waals surface area contributed by atoms with Crippen LogP contribution in [-0.4, -0.2) is 68.9 Å². The monoisotopic (exact) mass is 609 g/mol. The van der Waals surface area contributed by atoms with Crippen molar-refractivity contribution in [2.75, 3.05) is 37.7 Å². The standard InChI is InChI=1S/C32H40ClN5O3S/c1-31(2,3)41-30(39)34-19-32(17-22-9-7-8-10-23(22)18-32)26-15-24(16-27(33)37-26)28-25-11-12-38(29(25)36-20-35-28)21-40-13-14-42(4,5)6/h7-12,15-16,20H,13-14,17-19,21H2,1-6H3,(H,34,39). The van der Waals surface area contributed by atoms with Crippen molar-refractivity contribution in [1.82, 2.24) is 24.8 Å². The molecule has 10 heteroatoms. The number of nitrogens with one attached hydrogen (secondary N) is 1. The van der Waals surface area contributed by atoms with Crippen LogP contribution in [0.4, 0.5) is 4.79 Å². The first-order valence-electron chi connectivity index (χ1n) is 14.1. The topological polar surface area (TPSA) is 91.2 Å². The van der Waals surface area contributed by atoms with Crippen molar-refractivity contribution in [2.45, 2.75) is 51.4 Å². The second kappa shape index (κ2) is 11.9. The number of amides is 1. The van der Waals surface area contributed by atoms with Gasteiger partial charge in [-0.25, -0.2) is 29.8 Å². The molecule has 0 spiro atoms.